The molecule has 0 N–H and O–H groups in total. The SMILES string of the molecule is CCO[PH](=O)C(OC(=O)OC)C(F)(F)F. The Morgan fingerprint density at radius 1 is 1.47 bits per heavy atom. The first-order chi connectivity index (χ1) is 6.82. The van der Waals surface area contributed by atoms with E-state index in [2.05, 4.69) is 14.0 Å². The number of hydrogen-bond acceptors (Lipinski definition) is 5. The van der Waals surface area contributed by atoms with Crippen LogP contribution in [0.25, 0.3) is 0 Å². The van der Waals surface area contributed by atoms with E-state index in [1.807, 2.05) is 0 Å². The normalized spacial score (nSPS) is 15.5. The number of hydrogen-bond donors (Lipinski definition) is 0. The van der Waals surface area contributed by atoms with E-state index in [9.17, 15) is 22.5 Å². The van der Waals surface area contributed by atoms with Crippen LogP contribution in [0.2, 0.25) is 0 Å². The van der Waals surface area contributed by atoms with E-state index >= 15 is 0 Å². The minimum Gasteiger partial charge on any atom is -0.438 e. The molecule has 9 heteroatoms. The molecule has 0 radical (unpaired) electrons. The Labute approximate surface area is 84.4 Å². The molecular formula is C6H10F3O5P. The molecule has 90 valence electrons. The Hall–Kier alpha value is -0.750. The van der Waals surface area contributed by atoms with Crippen molar-refractivity contribution in [1.29, 1.82) is 0 Å². The fraction of sp³-hybridized carbons (Fsp3) is 0.833. The van der Waals surface area contributed by atoms with E-state index in [-0.39, 0.29) is 6.61 Å². The zero-order valence-electron chi connectivity index (χ0n) is 7.96. The first-order valence-electron chi connectivity index (χ1n) is 3.80. The van der Waals surface area contributed by atoms with Crippen molar-refractivity contribution in [1.82, 2.24) is 0 Å². The molecule has 0 amide bonds. The van der Waals surface area contributed by atoms with Crippen molar-refractivity contribution in [2.75, 3.05) is 13.7 Å². The highest BCUT2D eigenvalue weighted by Gasteiger charge is 2.48. The molecule has 0 aliphatic carbocycles. The summed E-state index contributed by atoms with van der Waals surface area (Å²) in [5, 5.41) is 0. The van der Waals surface area contributed by atoms with Gasteiger partial charge in [0.1, 0.15) is 0 Å². The van der Waals surface area contributed by atoms with Crippen molar-refractivity contribution in [2.45, 2.75) is 18.9 Å². The van der Waals surface area contributed by atoms with Gasteiger partial charge in [0.25, 0.3) is 5.85 Å². The Kier molecular flexibility index (Phi) is 5.67. The lowest BCUT2D eigenvalue weighted by Gasteiger charge is -2.18. The maximum Gasteiger partial charge on any atom is 0.509 e. The van der Waals surface area contributed by atoms with E-state index < -0.39 is 26.2 Å². The molecule has 0 aromatic carbocycles. The molecule has 0 aromatic heterocycles. The summed E-state index contributed by atoms with van der Waals surface area (Å²) in [7, 11) is -2.70. The monoisotopic (exact) mass is 250 g/mol. The summed E-state index contributed by atoms with van der Waals surface area (Å²) in [6.07, 6.45) is -6.50. The quantitative estimate of drug-likeness (QED) is 0.565. The van der Waals surface area contributed by atoms with Crippen LogP contribution in [0.3, 0.4) is 0 Å². The molecule has 0 aromatic rings. The highest BCUT2D eigenvalue weighted by Crippen LogP contribution is 2.41. The van der Waals surface area contributed by atoms with Crippen molar-refractivity contribution in [2.24, 2.45) is 0 Å². The average molecular weight is 250 g/mol. The topological polar surface area (TPSA) is 61.8 Å². The summed E-state index contributed by atoms with van der Waals surface area (Å²) in [4.78, 5) is 10.5. The van der Waals surface area contributed by atoms with Crippen LogP contribution in [-0.2, 0) is 18.6 Å². The van der Waals surface area contributed by atoms with Crippen molar-refractivity contribution < 1.29 is 36.5 Å². The van der Waals surface area contributed by atoms with E-state index in [0.29, 0.717) is 0 Å². The third kappa shape index (κ3) is 5.03. The van der Waals surface area contributed by atoms with E-state index in [4.69, 9.17) is 0 Å². The Bertz CT molecular complexity index is 241. The van der Waals surface area contributed by atoms with Crippen LogP contribution in [0.15, 0.2) is 0 Å². The summed E-state index contributed by atoms with van der Waals surface area (Å²) in [5.41, 5.74) is 0. The largest absolute Gasteiger partial charge is 0.509 e. The maximum atomic E-state index is 12.2. The summed E-state index contributed by atoms with van der Waals surface area (Å²) in [5.74, 6) is -2.77. The fourth-order valence-electron chi connectivity index (χ4n) is 0.611. The molecule has 2 unspecified atom stereocenters. The molecular weight excluding hydrogens is 240 g/mol. The number of carbonyl (C=O) groups is 1. The number of ether oxygens (including phenoxy) is 2. The van der Waals surface area contributed by atoms with Gasteiger partial charge in [0.05, 0.1) is 13.7 Å². The van der Waals surface area contributed by atoms with Crippen LogP contribution in [0.1, 0.15) is 6.92 Å². The van der Waals surface area contributed by atoms with Crippen LogP contribution >= 0.6 is 8.03 Å². The standard InChI is InChI=1S/C6H10F3O5P/c1-3-13-15(11)4(6(7,8)9)14-5(10)12-2/h4,15H,3H2,1-2H3. The summed E-state index contributed by atoms with van der Waals surface area (Å²) >= 11 is 0. The molecule has 0 rings (SSSR count). The highest BCUT2D eigenvalue weighted by molar-refractivity contribution is 7.39. The Morgan fingerprint density at radius 3 is 2.33 bits per heavy atom. The molecule has 15 heavy (non-hydrogen) atoms. The summed E-state index contributed by atoms with van der Waals surface area (Å²) in [6, 6.07) is 0. The predicted molar refractivity (Wildman–Crippen MR) is 44.0 cm³/mol. The summed E-state index contributed by atoms with van der Waals surface area (Å²) in [6.45, 7) is 1.20. The molecule has 0 fully saturated rings. The predicted octanol–water partition coefficient (Wildman–Crippen LogP) is 2.17. The van der Waals surface area contributed by atoms with E-state index in [0.717, 1.165) is 7.11 Å². The molecule has 0 saturated carbocycles. The number of methoxy groups -OCH3 is 1. The van der Waals surface area contributed by atoms with Gasteiger partial charge in [-0.25, -0.2) is 4.79 Å². The van der Waals surface area contributed by atoms with E-state index in [1.54, 1.807) is 0 Å². The molecule has 0 bridgehead atoms. The number of halogens is 3. The lowest BCUT2D eigenvalue weighted by molar-refractivity contribution is -0.182. The second-order valence-corrected chi connectivity index (χ2v) is 3.70. The molecule has 2 atom stereocenters. The van der Waals surface area contributed by atoms with Crippen molar-refractivity contribution in [3.05, 3.63) is 0 Å². The first kappa shape index (κ1) is 14.2. The van der Waals surface area contributed by atoms with Crippen LogP contribution < -0.4 is 0 Å². The van der Waals surface area contributed by atoms with Crippen LogP contribution in [0.4, 0.5) is 18.0 Å². The van der Waals surface area contributed by atoms with Crippen molar-refractivity contribution in [3.8, 4) is 0 Å². The Morgan fingerprint density at radius 2 is 2.00 bits per heavy atom. The van der Waals surface area contributed by atoms with Gasteiger partial charge in [-0.3, -0.25) is 4.57 Å². The van der Waals surface area contributed by atoms with Gasteiger partial charge in [-0.15, -0.1) is 0 Å². The second kappa shape index (κ2) is 5.97. The van der Waals surface area contributed by atoms with Gasteiger partial charge in [0.15, 0.2) is 0 Å². The summed E-state index contributed by atoms with van der Waals surface area (Å²) < 4.78 is 59.5. The van der Waals surface area contributed by atoms with Gasteiger partial charge in [0, 0.05) is 0 Å². The van der Waals surface area contributed by atoms with Gasteiger partial charge in [0.2, 0.25) is 8.03 Å². The zero-order valence-corrected chi connectivity index (χ0v) is 8.96. The van der Waals surface area contributed by atoms with Gasteiger partial charge in [-0.05, 0) is 6.92 Å². The van der Waals surface area contributed by atoms with Crippen LogP contribution in [0.5, 0.6) is 0 Å². The van der Waals surface area contributed by atoms with Gasteiger partial charge in [-0.2, -0.15) is 13.2 Å². The molecule has 5 nitrogen and oxygen atoms in total. The zero-order chi connectivity index (χ0) is 12.1. The highest BCUT2D eigenvalue weighted by atomic mass is 31.1. The van der Waals surface area contributed by atoms with Gasteiger partial charge >= 0.3 is 12.3 Å². The lowest BCUT2D eigenvalue weighted by atomic mass is 10.7. The van der Waals surface area contributed by atoms with Crippen molar-refractivity contribution in [3.63, 3.8) is 0 Å². The Balaban J connectivity index is 4.59. The molecule has 0 aliphatic heterocycles. The molecule has 0 heterocycles. The maximum absolute atomic E-state index is 12.2. The van der Waals surface area contributed by atoms with Crippen LogP contribution in [-0.4, -0.2) is 31.9 Å². The van der Waals surface area contributed by atoms with Crippen molar-refractivity contribution >= 4 is 14.2 Å². The molecule has 0 aliphatic rings. The van der Waals surface area contributed by atoms with Gasteiger partial charge < -0.3 is 14.0 Å². The average Bonchev–Trinajstić information content (AvgIpc) is 2.12. The minimum absolute atomic E-state index is 0.172. The van der Waals surface area contributed by atoms with Gasteiger partial charge in [-0.1, -0.05) is 0 Å². The minimum atomic E-state index is -4.95. The third-order valence-electron chi connectivity index (χ3n) is 1.18. The number of alkyl halides is 3. The lowest BCUT2D eigenvalue weighted by Crippen LogP contribution is -2.31. The van der Waals surface area contributed by atoms with Crippen LogP contribution in [0, 0.1) is 0 Å². The number of carbonyl (C=O) groups excluding carboxylic acids is 1. The number of rotatable bonds is 4. The molecule has 0 saturated heterocycles. The second-order valence-electron chi connectivity index (χ2n) is 2.25. The smallest absolute Gasteiger partial charge is 0.438 e. The fourth-order valence-corrected chi connectivity index (χ4v) is 1.51. The van der Waals surface area contributed by atoms with E-state index in [1.165, 1.54) is 6.92 Å². The third-order valence-corrected chi connectivity index (χ3v) is 2.63. The first-order valence-corrected chi connectivity index (χ1v) is 5.20. The molecule has 0 spiro atoms.